The van der Waals surface area contributed by atoms with Crippen LogP contribution in [0.4, 0.5) is 8.78 Å². The van der Waals surface area contributed by atoms with Crippen molar-refractivity contribution in [2.24, 2.45) is 5.11 Å². The zero-order chi connectivity index (χ0) is 23.0. The van der Waals surface area contributed by atoms with Crippen molar-refractivity contribution < 1.29 is 27.7 Å². The summed E-state index contributed by atoms with van der Waals surface area (Å²) in [6, 6.07) is 2.39. The van der Waals surface area contributed by atoms with Gasteiger partial charge in [-0.2, -0.15) is 0 Å². The number of aromatic nitrogens is 3. The highest BCUT2D eigenvalue weighted by Crippen LogP contribution is 2.39. The molecule has 0 bridgehead atoms. The topological polar surface area (TPSA) is 116 Å². The molecule has 12 heteroatoms. The number of hydrogen-bond acceptors (Lipinski definition) is 7. The predicted molar refractivity (Wildman–Crippen MR) is 108 cm³/mol. The summed E-state index contributed by atoms with van der Waals surface area (Å²) in [7, 11) is 1.50. The van der Waals surface area contributed by atoms with Gasteiger partial charge in [0.15, 0.2) is 17.4 Å². The highest BCUT2D eigenvalue weighted by Gasteiger charge is 2.52. The van der Waals surface area contributed by atoms with Crippen molar-refractivity contribution >= 4 is 0 Å². The molecule has 2 fully saturated rings. The van der Waals surface area contributed by atoms with Gasteiger partial charge in [-0.3, -0.25) is 0 Å². The first-order chi connectivity index (χ1) is 15.3. The standard InChI is InChI=1S/C20H24F2N6O4/c1-10-5-6-11(16(22)15(10)21)12-8-28(27-25-12)17-18(29-4)13(7-24-26-23)31-14-9-30-20(2,3)32-19(14)17/h5-6,8,13-14,17-19H,7,9H2,1-4H3/t13-,14-,17?,18+,19+/m1/s1. The van der Waals surface area contributed by atoms with Crippen LogP contribution in [0.25, 0.3) is 21.7 Å². The van der Waals surface area contributed by atoms with Crippen LogP contribution in [0.3, 0.4) is 0 Å². The molecule has 0 saturated carbocycles. The lowest BCUT2D eigenvalue weighted by atomic mass is 9.91. The number of aryl methyl sites for hydroxylation is 1. The second-order valence-electron chi connectivity index (χ2n) is 8.25. The first-order valence-electron chi connectivity index (χ1n) is 10.1. The van der Waals surface area contributed by atoms with Crippen molar-refractivity contribution in [3.8, 4) is 11.3 Å². The Morgan fingerprint density at radius 2 is 2.12 bits per heavy atom. The van der Waals surface area contributed by atoms with Crippen LogP contribution >= 0.6 is 0 Å². The van der Waals surface area contributed by atoms with Crippen LogP contribution < -0.4 is 0 Å². The number of methoxy groups -OCH3 is 1. The van der Waals surface area contributed by atoms with E-state index in [0.717, 1.165) is 0 Å². The van der Waals surface area contributed by atoms with Crippen LogP contribution in [0, 0.1) is 18.6 Å². The molecular weight excluding hydrogens is 426 g/mol. The Bertz CT molecular complexity index is 1040. The van der Waals surface area contributed by atoms with Gasteiger partial charge in [0.2, 0.25) is 0 Å². The molecule has 0 N–H and O–H groups in total. The first kappa shape index (κ1) is 22.6. The number of benzene rings is 1. The van der Waals surface area contributed by atoms with Gasteiger partial charge in [-0.15, -0.1) is 5.10 Å². The van der Waals surface area contributed by atoms with Crippen molar-refractivity contribution in [1.82, 2.24) is 15.0 Å². The van der Waals surface area contributed by atoms with Gasteiger partial charge in [-0.25, -0.2) is 13.5 Å². The molecule has 0 aliphatic carbocycles. The highest BCUT2D eigenvalue weighted by molar-refractivity contribution is 5.59. The summed E-state index contributed by atoms with van der Waals surface area (Å²) in [5.74, 6) is -2.80. The van der Waals surface area contributed by atoms with E-state index in [9.17, 15) is 8.78 Å². The number of hydrogen-bond donors (Lipinski definition) is 0. The van der Waals surface area contributed by atoms with Gasteiger partial charge in [-0.1, -0.05) is 16.4 Å². The van der Waals surface area contributed by atoms with Crippen molar-refractivity contribution in [2.75, 3.05) is 20.3 Å². The lowest BCUT2D eigenvalue weighted by Crippen LogP contribution is -2.63. The largest absolute Gasteiger partial charge is 0.376 e. The summed E-state index contributed by atoms with van der Waals surface area (Å²) in [5.41, 5.74) is 9.11. The molecule has 0 amide bonds. The Kier molecular flexibility index (Phi) is 6.15. The third-order valence-electron chi connectivity index (χ3n) is 5.73. The Morgan fingerprint density at radius 3 is 2.84 bits per heavy atom. The third-order valence-corrected chi connectivity index (χ3v) is 5.73. The van der Waals surface area contributed by atoms with Crippen LogP contribution in [-0.2, 0) is 18.9 Å². The van der Waals surface area contributed by atoms with E-state index < -0.39 is 47.9 Å². The molecule has 4 rings (SSSR count). The third kappa shape index (κ3) is 4.07. The zero-order valence-electron chi connectivity index (χ0n) is 18.1. The summed E-state index contributed by atoms with van der Waals surface area (Å²) < 4.78 is 53.8. The second-order valence-corrected chi connectivity index (χ2v) is 8.25. The zero-order valence-corrected chi connectivity index (χ0v) is 18.1. The fourth-order valence-electron chi connectivity index (χ4n) is 4.18. The summed E-state index contributed by atoms with van der Waals surface area (Å²) in [6.45, 7) is 5.32. The fraction of sp³-hybridized carbons (Fsp3) is 0.600. The summed E-state index contributed by atoms with van der Waals surface area (Å²) in [4.78, 5) is 2.81. The van der Waals surface area contributed by atoms with Gasteiger partial charge in [-0.05, 0) is 37.9 Å². The number of fused-ring (bicyclic) bond motifs is 1. The van der Waals surface area contributed by atoms with Crippen molar-refractivity contribution in [2.45, 2.75) is 57.0 Å². The fourth-order valence-corrected chi connectivity index (χ4v) is 4.18. The van der Waals surface area contributed by atoms with E-state index in [-0.39, 0.29) is 30.0 Å². The predicted octanol–water partition coefficient (Wildman–Crippen LogP) is 3.32. The molecule has 2 saturated heterocycles. The van der Waals surface area contributed by atoms with E-state index in [0.29, 0.717) is 0 Å². The number of halogens is 2. The van der Waals surface area contributed by atoms with Crippen molar-refractivity contribution in [1.29, 1.82) is 0 Å². The lowest BCUT2D eigenvalue weighted by molar-refractivity contribution is -0.348. The molecular formula is C20H24F2N6O4. The summed E-state index contributed by atoms with van der Waals surface area (Å²) >= 11 is 0. The molecule has 0 radical (unpaired) electrons. The van der Waals surface area contributed by atoms with E-state index in [4.69, 9.17) is 24.5 Å². The van der Waals surface area contributed by atoms with E-state index in [1.165, 1.54) is 37.0 Å². The molecule has 2 aliphatic heterocycles. The minimum absolute atomic E-state index is 0.00391. The quantitative estimate of drug-likeness (QED) is 0.392. The van der Waals surface area contributed by atoms with Crippen LogP contribution in [0.1, 0.15) is 25.5 Å². The maximum Gasteiger partial charge on any atom is 0.168 e. The molecule has 1 unspecified atom stereocenters. The lowest BCUT2D eigenvalue weighted by Gasteiger charge is -2.50. The van der Waals surface area contributed by atoms with Gasteiger partial charge in [0, 0.05) is 17.6 Å². The van der Waals surface area contributed by atoms with E-state index in [2.05, 4.69) is 20.3 Å². The summed E-state index contributed by atoms with van der Waals surface area (Å²) in [5, 5.41) is 11.9. The Balaban J connectivity index is 1.74. The molecule has 3 heterocycles. The first-order valence-corrected chi connectivity index (χ1v) is 10.1. The number of nitrogens with zero attached hydrogens (tertiary/aromatic N) is 6. The minimum atomic E-state index is -0.991. The Morgan fingerprint density at radius 1 is 1.34 bits per heavy atom. The van der Waals surface area contributed by atoms with E-state index in [1.54, 1.807) is 13.8 Å². The molecule has 2 aromatic rings. The second kappa shape index (κ2) is 8.72. The number of rotatable bonds is 5. The molecule has 1 aromatic carbocycles. The smallest absolute Gasteiger partial charge is 0.168 e. The van der Waals surface area contributed by atoms with Crippen molar-refractivity contribution in [3.63, 3.8) is 0 Å². The van der Waals surface area contributed by atoms with Gasteiger partial charge >= 0.3 is 0 Å². The molecule has 10 nitrogen and oxygen atoms in total. The number of azide groups is 1. The normalized spacial score (nSPS) is 29.2. The molecule has 0 spiro atoms. The average Bonchev–Trinajstić information content (AvgIpc) is 3.24. The van der Waals surface area contributed by atoms with Gasteiger partial charge in [0.05, 0.1) is 25.5 Å². The maximum absolute atomic E-state index is 14.5. The molecule has 172 valence electrons. The SMILES string of the molecule is CO[C@@H]1C(n2cc(-c3ccc(C)c(F)c3F)nn2)[C@H]2OC(C)(C)OC[C@H]2O[C@@H]1CN=[N+]=[N-]. The number of ether oxygens (including phenoxy) is 4. The highest BCUT2D eigenvalue weighted by atomic mass is 19.2. The molecule has 32 heavy (non-hydrogen) atoms. The average molecular weight is 450 g/mol. The van der Waals surface area contributed by atoms with Crippen LogP contribution in [-0.4, -0.2) is 65.5 Å². The summed E-state index contributed by atoms with van der Waals surface area (Å²) in [6.07, 6.45) is -0.732. The van der Waals surface area contributed by atoms with Crippen LogP contribution in [0.5, 0.6) is 0 Å². The Hall–Kier alpha value is -2.63. The minimum Gasteiger partial charge on any atom is -0.376 e. The maximum atomic E-state index is 14.5. The van der Waals surface area contributed by atoms with Crippen molar-refractivity contribution in [3.05, 3.63) is 46.0 Å². The van der Waals surface area contributed by atoms with Gasteiger partial charge < -0.3 is 18.9 Å². The van der Waals surface area contributed by atoms with E-state index in [1.807, 2.05) is 0 Å². The molecule has 1 aromatic heterocycles. The molecule has 5 atom stereocenters. The molecule has 2 aliphatic rings. The van der Waals surface area contributed by atoms with Crippen LogP contribution in [0.15, 0.2) is 23.4 Å². The monoisotopic (exact) mass is 450 g/mol. The van der Waals surface area contributed by atoms with Gasteiger partial charge in [0.25, 0.3) is 0 Å². The van der Waals surface area contributed by atoms with Crippen LogP contribution in [0.2, 0.25) is 0 Å². The Labute approximate surface area is 183 Å². The van der Waals surface area contributed by atoms with E-state index >= 15 is 0 Å². The van der Waals surface area contributed by atoms with Gasteiger partial charge in [0.1, 0.15) is 30.0 Å².